The van der Waals surface area contributed by atoms with Crippen molar-refractivity contribution in [2.24, 2.45) is 5.92 Å². The summed E-state index contributed by atoms with van der Waals surface area (Å²) in [5, 5.41) is 9.23. The molecular formula is C16H25N3O. The van der Waals surface area contributed by atoms with Crippen molar-refractivity contribution in [3.05, 3.63) is 35.9 Å². The first-order chi connectivity index (χ1) is 9.84. The Bertz CT molecular complexity index is 388. The first-order valence-corrected chi connectivity index (χ1v) is 7.61. The molecule has 0 aliphatic carbocycles. The summed E-state index contributed by atoms with van der Waals surface area (Å²) in [6, 6.07) is 10.3. The number of benzene rings is 1. The maximum atomic E-state index is 11.7. The number of hydrogen-bond acceptors (Lipinski definition) is 2. The van der Waals surface area contributed by atoms with Crippen molar-refractivity contribution >= 4 is 6.03 Å². The number of carbonyl (C=O) groups excluding carboxylic acids is 1. The summed E-state index contributed by atoms with van der Waals surface area (Å²) >= 11 is 0. The van der Waals surface area contributed by atoms with Crippen molar-refractivity contribution in [2.75, 3.05) is 26.2 Å². The van der Waals surface area contributed by atoms with Crippen LogP contribution in [-0.2, 0) is 6.42 Å². The van der Waals surface area contributed by atoms with E-state index in [1.807, 2.05) is 6.07 Å². The van der Waals surface area contributed by atoms with Crippen molar-refractivity contribution < 1.29 is 4.79 Å². The van der Waals surface area contributed by atoms with Crippen molar-refractivity contribution in [2.45, 2.75) is 25.7 Å². The number of hydrogen-bond donors (Lipinski definition) is 3. The molecule has 1 aromatic rings. The predicted octanol–water partition coefficient (Wildman–Crippen LogP) is 1.92. The van der Waals surface area contributed by atoms with Gasteiger partial charge in [0.25, 0.3) is 0 Å². The summed E-state index contributed by atoms with van der Waals surface area (Å²) in [6.45, 7) is 3.68. The van der Waals surface area contributed by atoms with Gasteiger partial charge in [0.1, 0.15) is 0 Å². The molecular weight excluding hydrogens is 250 g/mol. The number of rotatable bonds is 6. The molecule has 3 N–H and O–H groups in total. The average molecular weight is 275 g/mol. The van der Waals surface area contributed by atoms with Gasteiger partial charge < -0.3 is 16.0 Å². The second-order valence-electron chi connectivity index (χ2n) is 5.42. The maximum Gasteiger partial charge on any atom is 0.314 e. The van der Waals surface area contributed by atoms with Crippen LogP contribution >= 0.6 is 0 Å². The van der Waals surface area contributed by atoms with Crippen LogP contribution in [0.3, 0.4) is 0 Å². The fourth-order valence-electron chi connectivity index (χ4n) is 2.52. The molecule has 0 spiro atoms. The van der Waals surface area contributed by atoms with Crippen LogP contribution in [0.2, 0.25) is 0 Å². The topological polar surface area (TPSA) is 53.2 Å². The Morgan fingerprint density at radius 1 is 1.15 bits per heavy atom. The van der Waals surface area contributed by atoms with Gasteiger partial charge in [0.2, 0.25) is 0 Å². The zero-order chi connectivity index (χ0) is 14.0. The second-order valence-corrected chi connectivity index (χ2v) is 5.42. The SMILES string of the molecule is O=C(NCCCc1ccccc1)NCC1CCNCC1. The molecule has 1 aliphatic heterocycles. The lowest BCUT2D eigenvalue weighted by molar-refractivity contribution is 0.236. The largest absolute Gasteiger partial charge is 0.338 e. The molecule has 2 rings (SSSR count). The van der Waals surface area contributed by atoms with Crippen molar-refractivity contribution in [3.63, 3.8) is 0 Å². The maximum absolute atomic E-state index is 11.7. The summed E-state index contributed by atoms with van der Waals surface area (Å²) in [5.74, 6) is 0.631. The fourth-order valence-corrected chi connectivity index (χ4v) is 2.52. The number of urea groups is 1. The molecule has 0 bridgehead atoms. The molecule has 0 atom stereocenters. The molecule has 1 fully saturated rings. The highest BCUT2D eigenvalue weighted by Crippen LogP contribution is 2.09. The lowest BCUT2D eigenvalue weighted by Gasteiger charge is -2.22. The van der Waals surface area contributed by atoms with Crippen LogP contribution in [0.5, 0.6) is 0 Å². The molecule has 4 heteroatoms. The smallest absolute Gasteiger partial charge is 0.314 e. The van der Waals surface area contributed by atoms with Crippen LogP contribution in [0.1, 0.15) is 24.8 Å². The fraction of sp³-hybridized carbons (Fsp3) is 0.562. The van der Waals surface area contributed by atoms with Crippen LogP contribution in [-0.4, -0.2) is 32.2 Å². The molecule has 0 unspecified atom stereocenters. The number of aryl methyl sites for hydroxylation is 1. The van der Waals surface area contributed by atoms with E-state index in [2.05, 4.69) is 40.2 Å². The van der Waals surface area contributed by atoms with Gasteiger partial charge in [-0.15, -0.1) is 0 Å². The zero-order valence-corrected chi connectivity index (χ0v) is 12.0. The Balaban J connectivity index is 1.51. The van der Waals surface area contributed by atoms with Crippen molar-refractivity contribution in [3.8, 4) is 0 Å². The van der Waals surface area contributed by atoms with E-state index < -0.39 is 0 Å². The van der Waals surface area contributed by atoms with Gasteiger partial charge in [0.15, 0.2) is 0 Å². The summed E-state index contributed by atoms with van der Waals surface area (Å²) in [4.78, 5) is 11.7. The zero-order valence-electron chi connectivity index (χ0n) is 12.0. The van der Waals surface area contributed by atoms with Crippen molar-refractivity contribution in [1.82, 2.24) is 16.0 Å². The molecule has 1 aliphatic rings. The van der Waals surface area contributed by atoms with E-state index >= 15 is 0 Å². The van der Waals surface area contributed by atoms with E-state index in [0.29, 0.717) is 5.92 Å². The predicted molar refractivity (Wildman–Crippen MR) is 81.8 cm³/mol. The second kappa shape index (κ2) is 8.59. The standard InChI is InChI=1S/C16H25N3O/c20-16(19-13-15-8-11-17-12-9-15)18-10-4-7-14-5-2-1-3-6-14/h1-3,5-6,15,17H,4,7-13H2,(H2,18,19,20). The summed E-state index contributed by atoms with van der Waals surface area (Å²) in [7, 11) is 0. The molecule has 1 saturated heterocycles. The Labute approximate surface area is 121 Å². The lowest BCUT2D eigenvalue weighted by Crippen LogP contribution is -2.41. The van der Waals surface area contributed by atoms with Gasteiger partial charge in [-0.1, -0.05) is 30.3 Å². The Kier molecular flexibility index (Phi) is 6.38. The average Bonchev–Trinajstić information content (AvgIpc) is 2.52. The number of amides is 2. The minimum atomic E-state index is -0.0309. The van der Waals surface area contributed by atoms with Gasteiger partial charge in [-0.05, 0) is 50.3 Å². The normalized spacial score (nSPS) is 15.8. The molecule has 4 nitrogen and oxygen atoms in total. The van der Waals surface area contributed by atoms with Gasteiger partial charge >= 0.3 is 6.03 Å². The molecule has 1 heterocycles. The first-order valence-electron chi connectivity index (χ1n) is 7.61. The Morgan fingerprint density at radius 2 is 1.90 bits per heavy atom. The summed E-state index contributed by atoms with van der Waals surface area (Å²) in [5.41, 5.74) is 1.32. The molecule has 1 aromatic carbocycles. The van der Waals surface area contributed by atoms with Crippen molar-refractivity contribution in [1.29, 1.82) is 0 Å². The van der Waals surface area contributed by atoms with E-state index in [0.717, 1.165) is 51.9 Å². The van der Waals surface area contributed by atoms with E-state index in [1.165, 1.54) is 5.56 Å². The molecule has 0 saturated carbocycles. The highest BCUT2D eigenvalue weighted by atomic mass is 16.2. The molecule has 20 heavy (non-hydrogen) atoms. The quantitative estimate of drug-likeness (QED) is 0.695. The van der Waals surface area contributed by atoms with E-state index in [9.17, 15) is 4.79 Å². The van der Waals surface area contributed by atoms with Crippen LogP contribution < -0.4 is 16.0 Å². The third-order valence-corrected chi connectivity index (χ3v) is 3.78. The van der Waals surface area contributed by atoms with Gasteiger partial charge in [-0.2, -0.15) is 0 Å². The molecule has 0 aromatic heterocycles. The van der Waals surface area contributed by atoms with E-state index in [-0.39, 0.29) is 6.03 Å². The van der Waals surface area contributed by atoms with Gasteiger partial charge in [-0.25, -0.2) is 4.79 Å². The number of nitrogens with one attached hydrogen (secondary N) is 3. The third-order valence-electron chi connectivity index (χ3n) is 3.78. The van der Waals surface area contributed by atoms with E-state index in [1.54, 1.807) is 0 Å². The third kappa shape index (κ3) is 5.61. The van der Waals surface area contributed by atoms with Crippen LogP contribution in [0.4, 0.5) is 4.79 Å². The van der Waals surface area contributed by atoms with E-state index in [4.69, 9.17) is 0 Å². The minimum Gasteiger partial charge on any atom is -0.338 e. The van der Waals surface area contributed by atoms with Crippen LogP contribution in [0.25, 0.3) is 0 Å². The number of carbonyl (C=O) groups is 1. The monoisotopic (exact) mass is 275 g/mol. The minimum absolute atomic E-state index is 0.0309. The summed E-state index contributed by atoms with van der Waals surface area (Å²) in [6.07, 6.45) is 4.31. The molecule has 2 amide bonds. The lowest BCUT2D eigenvalue weighted by atomic mass is 9.98. The Morgan fingerprint density at radius 3 is 2.65 bits per heavy atom. The molecule has 110 valence electrons. The highest BCUT2D eigenvalue weighted by molar-refractivity contribution is 5.73. The van der Waals surface area contributed by atoms with Crippen LogP contribution in [0, 0.1) is 5.92 Å². The Hall–Kier alpha value is -1.55. The van der Waals surface area contributed by atoms with Crippen LogP contribution in [0.15, 0.2) is 30.3 Å². The van der Waals surface area contributed by atoms with Gasteiger partial charge in [0.05, 0.1) is 0 Å². The number of piperidine rings is 1. The first kappa shape index (κ1) is 14.9. The van der Waals surface area contributed by atoms with Gasteiger partial charge in [-0.3, -0.25) is 0 Å². The molecule has 0 radical (unpaired) electrons. The highest BCUT2D eigenvalue weighted by Gasteiger charge is 2.13. The van der Waals surface area contributed by atoms with Gasteiger partial charge in [0, 0.05) is 13.1 Å². The summed E-state index contributed by atoms with van der Waals surface area (Å²) < 4.78 is 0.